The van der Waals surface area contributed by atoms with Gasteiger partial charge < -0.3 is 14.5 Å². The van der Waals surface area contributed by atoms with E-state index >= 15 is 0 Å². The lowest BCUT2D eigenvalue weighted by molar-refractivity contribution is 0.377. The van der Waals surface area contributed by atoms with Gasteiger partial charge in [0, 0.05) is 5.56 Å². The van der Waals surface area contributed by atoms with Crippen molar-refractivity contribution in [2.45, 2.75) is 19.4 Å². The number of hydrogen-bond acceptors (Lipinski definition) is 3. The number of nitrogens with one attached hydrogen (secondary N) is 1. The van der Waals surface area contributed by atoms with Crippen LogP contribution in [0, 0.1) is 5.82 Å². The molecule has 0 aliphatic rings. The van der Waals surface area contributed by atoms with Gasteiger partial charge in [0.2, 0.25) is 0 Å². The molecule has 0 aliphatic heterocycles. The molecule has 1 N–H and O–H groups in total. The molecule has 20 heavy (non-hydrogen) atoms. The van der Waals surface area contributed by atoms with Crippen molar-refractivity contribution in [2.24, 2.45) is 0 Å². The molecular formula is C15H17ClFNO2. The fourth-order valence-electron chi connectivity index (χ4n) is 2.04. The number of ether oxygens (including phenoxy) is 1. The monoisotopic (exact) mass is 297 g/mol. The molecule has 1 unspecified atom stereocenters. The molecule has 0 aliphatic carbocycles. The lowest BCUT2D eigenvalue weighted by Gasteiger charge is -2.18. The van der Waals surface area contributed by atoms with Gasteiger partial charge in [-0.15, -0.1) is 0 Å². The molecular weight excluding hydrogens is 281 g/mol. The van der Waals surface area contributed by atoms with E-state index < -0.39 is 11.9 Å². The molecule has 1 aromatic carbocycles. The molecule has 2 rings (SSSR count). The van der Waals surface area contributed by atoms with Crippen LogP contribution in [0.25, 0.3) is 0 Å². The van der Waals surface area contributed by atoms with Gasteiger partial charge in [0.05, 0.1) is 13.2 Å². The normalized spacial score (nSPS) is 12.4. The molecule has 1 aromatic heterocycles. The van der Waals surface area contributed by atoms with Gasteiger partial charge in [0.1, 0.15) is 5.76 Å². The van der Waals surface area contributed by atoms with Crippen molar-refractivity contribution >= 4 is 11.6 Å². The Hall–Kier alpha value is -1.52. The average Bonchev–Trinajstić information content (AvgIpc) is 2.87. The predicted octanol–water partition coefficient (Wildman–Crippen LogP) is 4.17. The maximum atomic E-state index is 14.4. The third-order valence-electron chi connectivity index (χ3n) is 3.00. The second-order valence-corrected chi connectivity index (χ2v) is 4.77. The lowest BCUT2D eigenvalue weighted by Crippen LogP contribution is -2.23. The summed E-state index contributed by atoms with van der Waals surface area (Å²) in [6, 6.07) is 8.05. The predicted molar refractivity (Wildman–Crippen MR) is 76.8 cm³/mol. The molecule has 3 nitrogen and oxygen atoms in total. The van der Waals surface area contributed by atoms with Crippen LogP contribution in [0.4, 0.5) is 4.39 Å². The van der Waals surface area contributed by atoms with E-state index in [4.69, 9.17) is 20.8 Å². The molecule has 0 spiro atoms. The molecule has 1 atom stereocenters. The van der Waals surface area contributed by atoms with Crippen LogP contribution in [0.3, 0.4) is 0 Å². The summed E-state index contributed by atoms with van der Waals surface area (Å²) in [6.07, 6.45) is 0.927. The minimum atomic E-state index is -0.392. The van der Waals surface area contributed by atoms with Crippen molar-refractivity contribution < 1.29 is 13.5 Å². The maximum absolute atomic E-state index is 14.4. The van der Waals surface area contributed by atoms with E-state index in [2.05, 4.69) is 5.32 Å². The van der Waals surface area contributed by atoms with Crippen molar-refractivity contribution in [3.05, 3.63) is 52.7 Å². The van der Waals surface area contributed by atoms with E-state index in [-0.39, 0.29) is 11.0 Å². The summed E-state index contributed by atoms with van der Waals surface area (Å²) < 4.78 is 24.8. The zero-order valence-electron chi connectivity index (χ0n) is 11.5. The fourth-order valence-corrected chi connectivity index (χ4v) is 2.20. The average molecular weight is 298 g/mol. The minimum Gasteiger partial charge on any atom is -0.494 e. The van der Waals surface area contributed by atoms with Crippen LogP contribution in [-0.2, 0) is 0 Å². The number of halogens is 2. The fraction of sp³-hybridized carbons (Fsp3) is 0.333. The smallest absolute Gasteiger partial charge is 0.193 e. The van der Waals surface area contributed by atoms with E-state index in [9.17, 15) is 4.39 Å². The van der Waals surface area contributed by atoms with Crippen LogP contribution in [-0.4, -0.2) is 13.7 Å². The number of rotatable bonds is 6. The molecule has 0 amide bonds. The Labute approximate surface area is 122 Å². The molecule has 0 bridgehead atoms. The maximum Gasteiger partial charge on any atom is 0.193 e. The highest BCUT2D eigenvalue weighted by Crippen LogP contribution is 2.31. The van der Waals surface area contributed by atoms with Crippen LogP contribution in [0.1, 0.15) is 30.7 Å². The van der Waals surface area contributed by atoms with Gasteiger partial charge in [0.25, 0.3) is 0 Å². The summed E-state index contributed by atoms with van der Waals surface area (Å²) >= 11 is 5.81. The van der Waals surface area contributed by atoms with Gasteiger partial charge >= 0.3 is 0 Å². The van der Waals surface area contributed by atoms with Gasteiger partial charge in [-0.05, 0) is 42.8 Å². The summed E-state index contributed by atoms with van der Waals surface area (Å²) in [4.78, 5) is 0. The first-order valence-electron chi connectivity index (χ1n) is 6.48. The van der Waals surface area contributed by atoms with Gasteiger partial charge in [0.15, 0.2) is 16.8 Å². The quantitative estimate of drug-likeness (QED) is 0.869. The number of furan rings is 1. The first-order chi connectivity index (χ1) is 9.67. The van der Waals surface area contributed by atoms with E-state index in [0.29, 0.717) is 11.3 Å². The third kappa shape index (κ3) is 3.14. The van der Waals surface area contributed by atoms with E-state index in [1.54, 1.807) is 30.3 Å². The van der Waals surface area contributed by atoms with Gasteiger partial charge in [-0.25, -0.2) is 4.39 Å². The topological polar surface area (TPSA) is 34.4 Å². The Morgan fingerprint density at radius 3 is 2.75 bits per heavy atom. The Morgan fingerprint density at radius 1 is 1.35 bits per heavy atom. The minimum absolute atomic E-state index is 0.212. The Balaban J connectivity index is 2.41. The highest BCUT2D eigenvalue weighted by atomic mass is 35.5. The van der Waals surface area contributed by atoms with Crippen LogP contribution >= 0.6 is 11.6 Å². The second kappa shape index (κ2) is 6.77. The second-order valence-electron chi connectivity index (χ2n) is 4.39. The Kier molecular flexibility index (Phi) is 5.04. The third-order valence-corrected chi connectivity index (χ3v) is 3.20. The summed E-state index contributed by atoms with van der Waals surface area (Å²) in [7, 11) is 1.44. The number of benzene rings is 1. The summed E-state index contributed by atoms with van der Waals surface area (Å²) in [5.74, 6) is 0.398. The van der Waals surface area contributed by atoms with Crippen LogP contribution < -0.4 is 10.1 Å². The molecule has 1 heterocycles. The van der Waals surface area contributed by atoms with Gasteiger partial charge in [-0.1, -0.05) is 19.1 Å². The van der Waals surface area contributed by atoms with Crippen LogP contribution in [0.5, 0.6) is 5.75 Å². The van der Waals surface area contributed by atoms with E-state index in [1.165, 1.54) is 7.11 Å². The highest BCUT2D eigenvalue weighted by molar-refractivity contribution is 6.28. The van der Waals surface area contributed by atoms with Crippen molar-refractivity contribution in [1.82, 2.24) is 5.32 Å². The summed E-state index contributed by atoms with van der Waals surface area (Å²) in [5, 5.41) is 3.54. The first kappa shape index (κ1) is 14.9. The summed E-state index contributed by atoms with van der Waals surface area (Å²) in [6.45, 7) is 2.78. The van der Waals surface area contributed by atoms with E-state index in [1.807, 2.05) is 6.92 Å². The Morgan fingerprint density at radius 2 is 2.15 bits per heavy atom. The van der Waals surface area contributed by atoms with Crippen LogP contribution in [0.15, 0.2) is 34.7 Å². The number of methoxy groups -OCH3 is 1. The largest absolute Gasteiger partial charge is 0.494 e. The zero-order valence-corrected chi connectivity index (χ0v) is 12.2. The molecule has 0 saturated carbocycles. The lowest BCUT2D eigenvalue weighted by atomic mass is 10.0. The Bertz CT molecular complexity index is 571. The van der Waals surface area contributed by atoms with Gasteiger partial charge in [-0.3, -0.25) is 0 Å². The van der Waals surface area contributed by atoms with Crippen LogP contribution in [0.2, 0.25) is 5.22 Å². The molecule has 108 valence electrons. The van der Waals surface area contributed by atoms with Gasteiger partial charge in [-0.2, -0.15) is 0 Å². The van der Waals surface area contributed by atoms with Crippen molar-refractivity contribution in [1.29, 1.82) is 0 Å². The molecule has 0 fully saturated rings. The standard InChI is InChI=1S/C15H17ClFNO2/c1-3-9-18-15(12-7-8-13(16)20-12)10-5-4-6-11(19-2)14(10)17/h4-8,15,18H,3,9H2,1-2H3. The molecule has 0 radical (unpaired) electrons. The molecule has 2 aromatic rings. The zero-order chi connectivity index (χ0) is 14.5. The highest BCUT2D eigenvalue weighted by Gasteiger charge is 2.22. The summed E-state index contributed by atoms with van der Waals surface area (Å²) in [5.41, 5.74) is 0.476. The van der Waals surface area contributed by atoms with E-state index in [0.717, 1.165) is 13.0 Å². The van der Waals surface area contributed by atoms with Crippen molar-refractivity contribution in [3.8, 4) is 5.75 Å². The van der Waals surface area contributed by atoms with Crippen molar-refractivity contribution in [3.63, 3.8) is 0 Å². The SMILES string of the molecule is CCCNC(c1ccc(Cl)o1)c1cccc(OC)c1F. The molecule has 0 saturated heterocycles. The first-order valence-corrected chi connectivity index (χ1v) is 6.86. The number of hydrogen-bond donors (Lipinski definition) is 1. The molecule has 5 heteroatoms. The van der Waals surface area contributed by atoms with Crippen molar-refractivity contribution in [2.75, 3.05) is 13.7 Å².